The van der Waals surface area contributed by atoms with Crippen LogP contribution in [0.15, 0.2) is 30.3 Å². The average molecular weight is 299 g/mol. The second kappa shape index (κ2) is 7.04. The standard InChI is InChI=1S/C13H17NO5S/c1-20(18,19)9-5-8-11(15)14-12(13(16)17)10-6-3-2-4-7-10/h2-4,6-7,12H,5,8-9H2,1H3,(H,14,15)(H,16,17). The monoisotopic (exact) mass is 299 g/mol. The van der Waals surface area contributed by atoms with Crippen molar-refractivity contribution in [2.45, 2.75) is 18.9 Å². The molecule has 1 rings (SSSR count). The number of amides is 1. The lowest BCUT2D eigenvalue weighted by atomic mass is 10.1. The van der Waals surface area contributed by atoms with E-state index in [9.17, 15) is 18.0 Å². The van der Waals surface area contributed by atoms with Gasteiger partial charge in [0.1, 0.15) is 9.84 Å². The molecular weight excluding hydrogens is 282 g/mol. The van der Waals surface area contributed by atoms with Crippen LogP contribution in [0.2, 0.25) is 0 Å². The molecule has 1 aromatic carbocycles. The van der Waals surface area contributed by atoms with E-state index in [1.807, 2.05) is 0 Å². The minimum atomic E-state index is -3.11. The van der Waals surface area contributed by atoms with Crippen molar-refractivity contribution in [1.29, 1.82) is 0 Å². The fraction of sp³-hybridized carbons (Fsp3) is 0.385. The van der Waals surface area contributed by atoms with Gasteiger partial charge in [-0.25, -0.2) is 13.2 Å². The summed E-state index contributed by atoms with van der Waals surface area (Å²) in [6, 6.07) is 7.20. The third-order valence-electron chi connectivity index (χ3n) is 2.60. The van der Waals surface area contributed by atoms with Gasteiger partial charge in [0, 0.05) is 12.7 Å². The number of benzene rings is 1. The van der Waals surface area contributed by atoms with Crippen LogP contribution in [0.5, 0.6) is 0 Å². The number of rotatable bonds is 7. The lowest BCUT2D eigenvalue weighted by Crippen LogP contribution is -2.33. The highest BCUT2D eigenvalue weighted by Crippen LogP contribution is 2.13. The number of carboxylic acid groups (broad SMARTS) is 1. The molecule has 0 spiro atoms. The summed E-state index contributed by atoms with van der Waals surface area (Å²) in [5.41, 5.74) is 0.469. The van der Waals surface area contributed by atoms with E-state index in [-0.39, 0.29) is 18.6 Å². The first kappa shape index (κ1) is 16.2. The van der Waals surface area contributed by atoms with Crippen molar-refractivity contribution in [3.8, 4) is 0 Å². The molecular formula is C13H17NO5S. The predicted octanol–water partition coefficient (Wildman–Crippen LogP) is 0.753. The van der Waals surface area contributed by atoms with Gasteiger partial charge in [-0.3, -0.25) is 4.79 Å². The zero-order valence-electron chi connectivity index (χ0n) is 11.1. The first-order chi connectivity index (χ1) is 9.29. The minimum Gasteiger partial charge on any atom is -0.479 e. The van der Waals surface area contributed by atoms with Gasteiger partial charge in [-0.1, -0.05) is 30.3 Å². The molecule has 1 atom stereocenters. The van der Waals surface area contributed by atoms with Crippen LogP contribution in [0.3, 0.4) is 0 Å². The minimum absolute atomic E-state index is 0.0241. The number of carbonyl (C=O) groups excluding carboxylic acids is 1. The lowest BCUT2D eigenvalue weighted by molar-refractivity contribution is -0.142. The summed E-state index contributed by atoms with van der Waals surface area (Å²) >= 11 is 0. The van der Waals surface area contributed by atoms with Gasteiger partial charge in [-0.15, -0.1) is 0 Å². The highest BCUT2D eigenvalue weighted by molar-refractivity contribution is 7.90. The first-order valence-corrected chi connectivity index (χ1v) is 8.10. The molecule has 6 nitrogen and oxygen atoms in total. The molecule has 0 bridgehead atoms. The van der Waals surface area contributed by atoms with Gasteiger partial charge in [0.25, 0.3) is 0 Å². The highest BCUT2D eigenvalue weighted by atomic mass is 32.2. The van der Waals surface area contributed by atoms with E-state index in [1.165, 1.54) is 0 Å². The fourth-order valence-corrected chi connectivity index (χ4v) is 2.33. The SMILES string of the molecule is CS(=O)(=O)CCCC(=O)NC(C(=O)O)c1ccccc1. The van der Waals surface area contributed by atoms with E-state index in [1.54, 1.807) is 30.3 Å². The molecule has 110 valence electrons. The van der Waals surface area contributed by atoms with Crippen molar-refractivity contribution in [2.24, 2.45) is 0 Å². The summed E-state index contributed by atoms with van der Waals surface area (Å²) in [5.74, 6) is -1.73. The zero-order chi connectivity index (χ0) is 15.2. The Morgan fingerprint density at radius 2 is 1.85 bits per heavy atom. The van der Waals surface area contributed by atoms with E-state index in [2.05, 4.69) is 5.32 Å². The van der Waals surface area contributed by atoms with Crippen LogP contribution in [0.4, 0.5) is 0 Å². The van der Waals surface area contributed by atoms with E-state index in [4.69, 9.17) is 5.11 Å². The molecule has 0 radical (unpaired) electrons. The summed E-state index contributed by atoms with van der Waals surface area (Å²) in [6.07, 6.45) is 1.24. The molecule has 20 heavy (non-hydrogen) atoms. The van der Waals surface area contributed by atoms with E-state index < -0.39 is 27.8 Å². The van der Waals surface area contributed by atoms with Crippen molar-refractivity contribution in [3.63, 3.8) is 0 Å². The molecule has 0 saturated heterocycles. The molecule has 0 aliphatic rings. The Hall–Kier alpha value is -1.89. The second-order valence-electron chi connectivity index (χ2n) is 4.48. The third-order valence-corrected chi connectivity index (χ3v) is 3.63. The maximum atomic E-state index is 11.6. The fourth-order valence-electron chi connectivity index (χ4n) is 1.66. The zero-order valence-corrected chi connectivity index (χ0v) is 11.9. The highest BCUT2D eigenvalue weighted by Gasteiger charge is 2.21. The Kier molecular flexibility index (Phi) is 5.69. The molecule has 0 aliphatic carbocycles. The summed E-state index contributed by atoms with van der Waals surface area (Å²) in [5, 5.41) is 11.5. The van der Waals surface area contributed by atoms with Crippen molar-refractivity contribution < 1.29 is 23.1 Å². The van der Waals surface area contributed by atoms with Crippen molar-refractivity contribution in [2.75, 3.05) is 12.0 Å². The molecule has 1 amide bonds. The van der Waals surface area contributed by atoms with Crippen molar-refractivity contribution in [1.82, 2.24) is 5.32 Å². The van der Waals surface area contributed by atoms with Gasteiger partial charge in [0.05, 0.1) is 5.75 Å². The Labute approximate surface area is 117 Å². The van der Waals surface area contributed by atoms with Gasteiger partial charge in [-0.05, 0) is 12.0 Å². The van der Waals surface area contributed by atoms with Crippen LogP contribution < -0.4 is 5.32 Å². The van der Waals surface area contributed by atoms with Crippen LogP contribution in [-0.2, 0) is 19.4 Å². The molecule has 0 heterocycles. The van der Waals surface area contributed by atoms with E-state index in [0.29, 0.717) is 5.56 Å². The molecule has 0 saturated carbocycles. The maximum Gasteiger partial charge on any atom is 0.330 e. The van der Waals surface area contributed by atoms with Crippen LogP contribution >= 0.6 is 0 Å². The van der Waals surface area contributed by atoms with Crippen LogP contribution in [-0.4, -0.2) is 37.4 Å². The number of hydrogen-bond donors (Lipinski definition) is 2. The van der Waals surface area contributed by atoms with Gasteiger partial charge < -0.3 is 10.4 Å². The number of carboxylic acids is 1. The number of carbonyl (C=O) groups is 2. The molecule has 7 heteroatoms. The Morgan fingerprint density at radius 3 is 2.35 bits per heavy atom. The molecule has 2 N–H and O–H groups in total. The predicted molar refractivity (Wildman–Crippen MR) is 73.9 cm³/mol. The lowest BCUT2D eigenvalue weighted by Gasteiger charge is -2.14. The normalized spacial score (nSPS) is 12.7. The van der Waals surface area contributed by atoms with Gasteiger partial charge >= 0.3 is 5.97 Å². The molecule has 0 fully saturated rings. The molecule has 0 aromatic heterocycles. The molecule has 1 unspecified atom stereocenters. The smallest absolute Gasteiger partial charge is 0.330 e. The van der Waals surface area contributed by atoms with Crippen LogP contribution in [0, 0.1) is 0 Å². The van der Waals surface area contributed by atoms with Gasteiger partial charge in [0.2, 0.25) is 5.91 Å². The molecule has 1 aromatic rings. The third kappa shape index (κ3) is 5.83. The van der Waals surface area contributed by atoms with Crippen LogP contribution in [0.1, 0.15) is 24.4 Å². The number of hydrogen-bond acceptors (Lipinski definition) is 4. The Balaban J connectivity index is 2.59. The van der Waals surface area contributed by atoms with E-state index in [0.717, 1.165) is 6.26 Å². The summed E-state index contributed by atoms with van der Waals surface area (Å²) in [6.45, 7) is 0. The number of nitrogens with one attached hydrogen (secondary N) is 1. The summed E-state index contributed by atoms with van der Waals surface area (Å²) < 4.78 is 21.9. The molecule has 0 aliphatic heterocycles. The van der Waals surface area contributed by atoms with Crippen LogP contribution in [0.25, 0.3) is 0 Å². The first-order valence-electron chi connectivity index (χ1n) is 6.04. The quantitative estimate of drug-likeness (QED) is 0.774. The average Bonchev–Trinajstić information content (AvgIpc) is 2.35. The number of aliphatic carboxylic acids is 1. The Bertz CT molecular complexity index is 568. The largest absolute Gasteiger partial charge is 0.479 e. The topological polar surface area (TPSA) is 101 Å². The summed E-state index contributed by atoms with van der Waals surface area (Å²) in [4.78, 5) is 22.8. The maximum absolute atomic E-state index is 11.6. The number of sulfone groups is 1. The van der Waals surface area contributed by atoms with Gasteiger partial charge in [0.15, 0.2) is 6.04 Å². The van der Waals surface area contributed by atoms with Crippen molar-refractivity contribution >= 4 is 21.7 Å². The van der Waals surface area contributed by atoms with Gasteiger partial charge in [-0.2, -0.15) is 0 Å². The summed E-state index contributed by atoms with van der Waals surface area (Å²) in [7, 11) is -3.11. The Morgan fingerprint density at radius 1 is 1.25 bits per heavy atom. The van der Waals surface area contributed by atoms with Crippen molar-refractivity contribution in [3.05, 3.63) is 35.9 Å². The van der Waals surface area contributed by atoms with E-state index >= 15 is 0 Å². The second-order valence-corrected chi connectivity index (χ2v) is 6.74.